The van der Waals surface area contributed by atoms with E-state index in [0.717, 1.165) is 5.56 Å². The van der Waals surface area contributed by atoms with E-state index in [4.69, 9.17) is 16.0 Å². The van der Waals surface area contributed by atoms with E-state index >= 15 is 0 Å². The fourth-order valence-electron chi connectivity index (χ4n) is 1.41. The highest BCUT2D eigenvalue weighted by Gasteiger charge is 2.16. The molecular weight excluding hydrogens is 290 g/mol. The molecular formula is C11H12ClN3O3S. The van der Waals surface area contributed by atoms with Gasteiger partial charge in [-0.2, -0.15) is 0 Å². The lowest BCUT2D eigenvalue weighted by Crippen LogP contribution is -2.23. The summed E-state index contributed by atoms with van der Waals surface area (Å²) in [5.41, 5.74) is 0.731. The predicted octanol–water partition coefficient (Wildman–Crippen LogP) is 1.85. The SMILES string of the molecule is CNc1ncc(S(=O)(=O)NCc2ccoc2)cc1Cl. The second-order valence-electron chi connectivity index (χ2n) is 3.71. The molecule has 2 rings (SSSR count). The number of anilines is 1. The lowest BCUT2D eigenvalue weighted by atomic mass is 10.4. The molecule has 19 heavy (non-hydrogen) atoms. The number of rotatable bonds is 5. The monoisotopic (exact) mass is 301 g/mol. The summed E-state index contributed by atoms with van der Waals surface area (Å²) in [5.74, 6) is 0.426. The largest absolute Gasteiger partial charge is 0.472 e. The second-order valence-corrected chi connectivity index (χ2v) is 5.88. The molecule has 0 aliphatic rings. The number of nitrogens with zero attached hydrogens (tertiary/aromatic N) is 1. The smallest absolute Gasteiger partial charge is 0.242 e. The van der Waals surface area contributed by atoms with Gasteiger partial charge in [0.15, 0.2) is 0 Å². The summed E-state index contributed by atoms with van der Waals surface area (Å²) in [6.45, 7) is 0.143. The van der Waals surface area contributed by atoms with E-state index < -0.39 is 10.0 Å². The standard InChI is InChI=1S/C11H12ClN3O3S/c1-13-11-10(12)4-9(6-14-11)19(16,17)15-5-8-2-3-18-7-8/h2-4,6-7,15H,5H2,1H3,(H,13,14). The van der Waals surface area contributed by atoms with Crippen molar-refractivity contribution in [3.63, 3.8) is 0 Å². The Hall–Kier alpha value is -1.57. The zero-order chi connectivity index (χ0) is 13.9. The molecule has 0 aliphatic carbocycles. The van der Waals surface area contributed by atoms with Crippen LogP contribution in [0.3, 0.4) is 0 Å². The van der Waals surface area contributed by atoms with Crippen LogP contribution in [0.4, 0.5) is 5.82 Å². The number of nitrogens with one attached hydrogen (secondary N) is 2. The molecule has 0 amide bonds. The number of aromatic nitrogens is 1. The molecule has 0 spiro atoms. The summed E-state index contributed by atoms with van der Waals surface area (Å²) in [7, 11) is -2.00. The zero-order valence-corrected chi connectivity index (χ0v) is 11.6. The van der Waals surface area contributed by atoms with Crippen molar-refractivity contribution in [1.29, 1.82) is 0 Å². The first-order chi connectivity index (χ1) is 9.03. The lowest BCUT2D eigenvalue weighted by Gasteiger charge is -2.07. The second kappa shape index (κ2) is 5.60. The van der Waals surface area contributed by atoms with Crippen LogP contribution in [-0.2, 0) is 16.6 Å². The molecule has 0 unspecified atom stereocenters. The summed E-state index contributed by atoms with van der Waals surface area (Å²) in [5, 5.41) is 3.00. The van der Waals surface area contributed by atoms with Crippen molar-refractivity contribution in [3.8, 4) is 0 Å². The van der Waals surface area contributed by atoms with Crippen molar-refractivity contribution in [2.45, 2.75) is 11.4 Å². The molecule has 0 atom stereocenters. The van der Waals surface area contributed by atoms with Crippen LogP contribution < -0.4 is 10.0 Å². The minimum absolute atomic E-state index is 0.0139. The number of hydrogen-bond acceptors (Lipinski definition) is 5. The third kappa shape index (κ3) is 3.25. The van der Waals surface area contributed by atoms with Crippen LogP contribution in [0.15, 0.2) is 40.2 Å². The van der Waals surface area contributed by atoms with Gasteiger partial charge in [0, 0.05) is 25.4 Å². The van der Waals surface area contributed by atoms with Gasteiger partial charge in [-0.1, -0.05) is 11.6 Å². The molecule has 8 heteroatoms. The Morgan fingerprint density at radius 3 is 2.84 bits per heavy atom. The van der Waals surface area contributed by atoms with Gasteiger partial charge in [-0.25, -0.2) is 18.1 Å². The van der Waals surface area contributed by atoms with Gasteiger partial charge >= 0.3 is 0 Å². The molecule has 2 aromatic heterocycles. The number of sulfonamides is 1. The van der Waals surface area contributed by atoms with Crippen LogP contribution in [0.5, 0.6) is 0 Å². The van der Waals surface area contributed by atoms with Gasteiger partial charge in [0.05, 0.1) is 17.5 Å². The maximum Gasteiger partial charge on any atom is 0.242 e. The molecule has 0 radical (unpaired) electrons. The summed E-state index contributed by atoms with van der Waals surface area (Å²) < 4.78 is 31.3. The number of halogens is 1. The summed E-state index contributed by atoms with van der Waals surface area (Å²) in [6, 6.07) is 3.02. The Morgan fingerprint density at radius 2 is 2.26 bits per heavy atom. The molecule has 0 saturated carbocycles. The molecule has 0 aromatic carbocycles. The Balaban J connectivity index is 2.17. The van der Waals surface area contributed by atoms with Crippen molar-refractivity contribution in [2.75, 3.05) is 12.4 Å². The predicted molar refractivity (Wildman–Crippen MR) is 71.5 cm³/mol. The van der Waals surface area contributed by atoms with Crippen molar-refractivity contribution >= 4 is 27.4 Å². The van der Waals surface area contributed by atoms with Gasteiger partial charge in [-0.05, 0) is 12.1 Å². The Labute approximate surface area is 115 Å². The van der Waals surface area contributed by atoms with Crippen LogP contribution in [0, 0.1) is 0 Å². The molecule has 2 heterocycles. The zero-order valence-electron chi connectivity index (χ0n) is 10.1. The average Bonchev–Trinajstić information content (AvgIpc) is 2.89. The minimum Gasteiger partial charge on any atom is -0.472 e. The van der Waals surface area contributed by atoms with E-state index in [2.05, 4.69) is 15.0 Å². The fourth-order valence-corrected chi connectivity index (χ4v) is 2.72. The number of hydrogen-bond donors (Lipinski definition) is 2. The van der Waals surface area contributed by atoms with Gasteiger partial charge < -0.3 is 9.73 Å². The van der Waals surface area contributed by atoms with E-state index in [1.54, 1.807) is 13.1 Å². The van der Waals surface area contributed by atoms with Gasteiger partial charge in [-0.3, -0.25) is 0 Å². The van der Waals surface area contributed by atoms with Crippen LogP contribution >= 0.6 is 11.6 Å². The maximum atomic E-state index is 12.0. The van der Waals surface area contributed by atoms with Gasteiger partial charge in [-0.15, -0.1) is 0 Å². The molecule has 2 aromatic rings. The fraction of sp³-hybridized carbons (Fsp3) is 0.182. The topological polar surface area (TPSA) is 84.2 Å². The Morgan fingerprint density at radius 1 is 1.47 bits per heavy atom. The van der Waals surface area contributed by atoms with Gasteiger partial charge in [0.2, 0.25) is 10.0 Å². The highest BCUT2D eigenvalue weighted by atomic mass is 35.5. The average molecular weight is 302 g/mol. The van der Waals surface area contributed by atoms with E-state index in [-0.39, 0.29) is 16.5 Å². The Bertz CT molecular complexity index is 656. The first-order valence-electron chi connectivity index (χ1n) is 5.37. The first-order valence-corrected chi connectivity index (χ1v) is 7.23. The number of pyridine rings is 1. The molecule has 6 nitrogen and oxygen atoms in total. The third-order valence-electron chi connectivity index (χ3n) is 2.41. The lowest BCUT2D eigenvalue weighted by molar-refractivity contribution is 0.561. The molecule has 0 saturated heterocycles. The molecule has 0 bridgehead atoms. The quantitative estimate of drug-likeness (QED) is 0.880. The summed E-state index contributed by atoms with van der Waals surface area (Å²) in [4.78, 5) is 3.94. The Kier molecular flexibility index (Phi) is 4.08. The van der Waals surface area contributed by atoms with Crippen LogP contribution in [0.25, 0.3) is 0 Å². The normalized spacial score (nSPS) is 11.5. The van der Waals surface area contributed by atoms with Crippen molar-refractivity contribution < 1.29 is 12.8 Å². The van der Waals surface area contributed by atoms with Crippen molar-refractivity contribution in [1.82, 2.24) is 9.71 Å². The highest BCUT2D eigenvalue weighted by Crippen LogP contribution is 2.21. The molecule has 102 valence electrons. The van der Waals surface area contributed by atoms with Gasteiger partial charge in [0.1, 0.15) is 10.7 Å². The van der Waals surface area contributed by atoms with E-state index in [1.165, 1.54) is 24.8 Å². The van der Waals surface area contributed by atoms with E-state index in [1.807, 2.05) is 0 Å². The van der Waals surface area contributed by atoms with Crippen molar-refractivity contribution in [3.05, 3.63) is 41.4 Å². The van der Waals surface area contributed by atoms with Crippen LogP contribution in [0.2, 0.25) is 5.02 Å². The van der Waals surface area contributed by atoms with Crippen molar-refractivity contribution in [2.24, 2.45) is 0 Å². The molecule has 0 aliphatic heterocycles. The molecule has 2 N–H and O–H groups in total. The number of furan rings is 1. The minimum atomic E-state index is -3.65. The summed E-state index contributed by atoms with van der Waals surface area (Å²) in [6.07, 6.45) is 4.19. The van der Waals surface area contributed by atoms with Crippen LogP contribution in [-0.4, -0.2) is 20.4 Å². The van der Waals surface area contributed by atoms with Gasteiger partial charge in [0.25, 0.3) is 0 Å². The molecule has 0 fully saturated rings. The first kappa shape index (κ1) is 13.9. The third-order valence-corrected chi connectivity index (χ3v) is 4.07. The van der Waals surface area contributed by atoms with E-state index in [0.29, 0.717) is 5.82 Å². The summed E-state index contributed by atoms with van der Waals surface area (Å²) >= 11 is 5.90. The maximum absolute atomic E-state index is 12.0. The highest BCUT2D eigenvalue weighted by molar-refractivity contribution is 7.89. The van der Waals surface area contributed by atoms with E-state index in [9.17, 15) is 8.42 Å². The van der Waals surface area contributed by atoms with Crippen LogP contribution in [0.1, 0.15) is 5.56 Å².